The molecule has 0 bridgehead atoms. The van der Waals surface area contributed by atoms with Crippen LogP contribution in [0, 0.1) is 6.92 Å². The number of aromatic hydroxyl groups is 1. The van der Waals surface area contributed by atoms with E-state index >= 15 is 0 Å². The molecule has 1 atom stereocenters. The molecule has 1 aliphatic rings. The molecule has 1 aliphatic carbocycles. The van der Waals surface area contributed by atoms with Crippen LogP contribution in [0.1, 0.15) is 59.8 Å². The number of carbonyl (C=O) groups is 2. The number of aliphatic carboxylic acids is 1. The first-order valence-electron chi connectivity index (χ1n) is 13.2. The number of nitrogens with one attached hydrogen (secondary N) is 3. The van der Waals surface area contributed by atoms with Crippen molar-refractivity contribution in [2.24, 2.45) is 0 Å². The largest absolute Gasteiger partial charge is 0.508 e. The normalized spacial score (nSPS) is 15.1. The van der Waals surface area contributed by atoms with E-state index in [1.807, 2.05) is 19.2 Å². The molecule has 1 amide bonds. The smallest absolute Gasteiger partial charge is 0.326 e. The molecule has 5 N–H and O–H groups in total. The quantitative estimate of drug-likeness (QED) is 0.205. The van der Waals surface area contributed by atoms with Crippen molar-refractivity contribution in [1.29, 1.82) is 0 Å². The fourth-order valence-corrected chi connectivity index (χ4v) is 5.80. The summed E-state index contributed by atoms with van der Waals surface area (Å²) in [7, 11) is 0. The van der Waals surface area contributed by atoms with Crippen LogP contribution in [0.5, 0.6) is 5.75 Å². The van der Waals surface area contributed by atoms with Crippen molar-refractivity contribution in [1.82, 2.24) is 30.0 Å². The van der Waals surface area contributed by atoms with Crippen LogP contribution < -0.4 is 5.32 Å². The van der Waals surface area contributed by atoms with E-state index < -0.39 is 17.9 Å². The molecule has 10 nitrogen and oxygen atoms in total. The molecule has 0 radical (unpaired) electrons. The van der Waals surface area contributed by atoms with Gasteiger partial charge in [0.1, 0.15) is 17.6 Å². The van der Waals surface area contributed by atoms with Crippen LogP contribution in [0.3, 0.4) is 0 Å². The highest BCUT2D eigenvalue weighted by Crippen LogP contribution is 2.36. The molecule has 0 spiro atoms. The van der Waals surface area contributed by atoms with Crippen molar-refractivity contribution in [2.75, 3.05) is 0 Å². The van der Waals surface area contributed by atoms with Gasteiger partial charge in [0, 0.05) is 40.8 Å². The van der Waals surface area contributed by atoms with Gasteiger partial charge in [-0.2, -0.15) is 5.10 Å². The molecule has 1 fully saturated rings. The lowest BCUT2D eigenvalue weighted by atomic mass is 9.95. The Labute approximate surface area is 224 Å². The van der Waals surface area contributed by atoms with Gasteiger partial charge in [-0.25, -0.2) is 9.78 Å². The van der Waals surface area contributed by atoms with Crippen LogP contribution in [0.25, 0.3) is 33.3 Å². The SMILES string of the molecule is Cc1[nH]c2ccc(O)cc2c1C[C@H](NC(=O)c1ccc2c(c1)nc(-c1cn[nH]c1)n2C1CCCCC1)C(=O)O. The Morgan fingerprint density at radius 3 is 2.72 bits per heavy atom. The van der Waals surface area contributed by atoms with Gasteiger partial charge in [0.25, 0.3) is 5.91 Å². The monoisotopic (exact) mass is 526 g/mol. The minimum atomic E-state index is -1.16. The van der Waals surface area contributed by atoms with Crippen LogP contribution in [0.15, 0.2) is 48.8 Å². The third-order valence-corrected chi connectivity index (χ3v) is 7.76. The molecule has 200 valence electrons. The number of aromatic nitrogens is 5. The second kappa shape index (κ2) is 9.94. The van der Waals surface area contributed by atoms with Crippen molar-refractivity contribution in [2.45, 2.75) is 57.5 Å². The first kappa shape index (κ1) is 24.7. The summed E-state index contributed by atoms with van der Waals surface area (Å²) in [5.74, 6) is -0.719. The molecule has 1 saturated carbocycles. The summed E-state index contributed by atoms with van der Waals surface area (Å²) < 4.78 is 2.26. The Morgan fingerprint density at radius 1 is 1.15 bits per heavy atom. The van der Waals surface area contributed by atoms with E-state index in [9.17, 15) is 19.8 Å². The Bertz CT molecular complexity index is 1680. The molecular formula is C29H30N6O4. The number of phenols is 1. The Balaban J connectivity index is 1.30. The summed E-state index contributed by atoms with van der Waals surface area (Å²) in [5.41, 5.74) is 5.17. The van der Waals surface area contributed by atoms with Gasteiger partial charge < -0.3 is 25.1 Å². The predicted octanol–water partition coefficient (Wildman–Crippen LogP) is 4.85. The standard InChI is InChI=1S/C29H30N6O4/c1-16-21(22-12-20(36)8-9-23(22)32-16)13-25(29(38)39)34-28(37)17-7-10-26-24(11-17)33-27(18-14-30-31-15-18)35(26)19-5-3-2-4-6-19/h7-12,14-15,19,25,32,36H,2-6,13H2,1H3,(H,30,31)(H,34,37)(H,38,39)/t25-/m0/s1. The first-order chi connectivity index (χ1) is 18.9. The van der Waals surface area contributed by atoms with Crippen LogP contribution in [0.4, 0.5) is 0 Å². The molecule has 10 heteroatoms. The Hall–Kier alpha value is -4.60. The number of carbonyl (C=O) groups excluding carboxylic acids is 1. The van der Waals surface area contributed by atoms with Crippen LogP contribution in [0.2, 0.25) is 0 Å². The van der Waals surface area contributed by atoms with Gasteiger partial charge in [-0.05, 0) is 61.7 Å². The maximum absolute atomic E-state index is 13.3. The fraction of sp³-hybridized carbons (Fsp3) is 0.310. The fourth-order valence-electron chi connectivity index (χ4n) is 5.80. The number of hydrogen-bond donors (Lipinski definition) is 5. The van der Waals surface area contributed by atoms with Crippen LogP contribution in [-0.2, 0) is 11.2 Å². The number of H-pyrrole nitrogens is 2. The molecule has 39 heavy (non-hydrogen) atoms. The lowest BCUT2D eigenvalue weighted by Crippen LogP contribution is -2.42. The summed E-state index contributed by atoms with van der Waals surface area (Å²) >= 11 is 0. The summed E-state index contributed by atoms with van der Waals surface area (Å²) in [4.78, 5) is 33.6. The van der Waals surface area contributed by atoms with Crippen LogP contribution in [-0.4, -0.2) is 52.9 Å². The van der Waals surface area contributed by atoms with Crippen molar-refractivity contribution < 1.29 is 19.8 Å². The van der Waals surface area contributed by atoms with E-state index in [0.29, 0.717) is 17.1 Å². The Kier molecular flexibility index (Phi) is 6.30. The molecule has 0 saturated heterocycles. The number of imidazole rings is 1. The zero-order chi connectivity index (χ0) is 27.1. The number of aryl methyl sites for hydroxylation is 1. The van der Waals surface area contributed by atoms with Crippen molar-refractivity contribution >= 4 is 33.8 Å². The third kappa shape index (κ3) is 4.62. The second-order valence-corrected chi connectivity index (χ2v) is 10.3. The molecule has 5 aromatic rings. The second-order valence-electron chi connectivity index (χ2n) is 10.3. The minimum Gasteiger partial charge on any atom is -0.508 e. The number of fused-ring (bicyclic) bond motifs is 2. The van der Waals surface area contributed by atoms with E-state index in [1.54, 1.807) is 36.5 Å². The van der Waals surface area contributed by atoms with Gasteiger partial charge >= 0.3 is 5.97 Å². The first-order valence-corrected chi connectivity index (χ1v) is 13.2. The molecule has 2 aromatic carbocycles. The van der Waals surface area contributed by atoms with Gasteiger partial charge in [-0.1, -0.05) is 19.3 Å². The highest BCUT2D eigenvalue weighted by atomic mass is 16.4. The van der Waals surface area contributed by atoms with Crippen LogP contribution >= 0.6 is 0 Å². The highest BCUT2D eigenvalue weighted by Gasteiger charge is 2.26. The van der Waals surface area contributed by atoms with Crippen molar-refractivity contribution in [3.63, 3.8) is 0 Å². The van der Waals surface area contributed by atoms with Crippen molar-refractivity contribution in [3.8, 4) is 17.1 Å². The topological polar surface area (TPSA) is 149 Å². The molecule has 6 rings (SSSR count). The molecule has 0 aliphatic heterocycles. The van der Waals surface area contributed by atoms with E-state index in [1.165, 1.54) is 19.3 Å². The summed E-state index contributed by atoms with van der Waals surface area (Å²) in [6, 6.07) is 9.43. The number of aromatic amines is 2. The maximum atomic E-state index is 13.3. The highest BCUT2D eigenvalue weighted by molar-refractivity contribution is 6.00. The minimum absolute atomic E-state index is 0.0690. The summed E-state index contributed by atoms with van der Waals surface area (Å²) in [6.07, 6.45) is 9.35. The predicted molar refractivity (Wildman–Crippen MR) is 147 cm³/mol. The molecular weight excluding hydrogens is 496 g/mol. The van der Waals surface area contributed by atoms with Gasteiger partial charge in [-0.15, -0.1) is 0 Å². The van der Waals surface area contributed by atoms with Gasteiger partial charge in [0.15, 0.2) is 0 Å². The number of hydrogen-bond acceptors (Lipinski definition) is 5. The number of carboxylic acids is 1. The van der Waals surface area contributed by atoms with E-state index in [2.05, 4.69) is 25.1 Å². The average Bonchev–Trinajstić information content (AvgIpc) is 3.66. The number of phenolic OH excluding ortho intramolecular Hbond substituents is 1. The number of benzene rings is 2. The number of carboxylic acid groups (broad SMARTS) is 1. The maximum Gasteiger partial charge on any atom is 0.326 e. The summed E-state index contributed by atoms with van der Waals surface area (Å²) in [6.45, 7) is 1.85. The van der Waals surface area contributed by atoms with Gasteiger partial charge in [0.2, 0.25) is 0 Å². The lowest BCUT2D eigenvalue weighted by Gasteiger charge is -2.25. The zero-order valence-electron chi connectivity index (χ0n) is 21.6. The average molecular weight is 527 g/mol. The van der Waals surface area contributed by atoms with Gasteiger partial charge in [-0.3, -0.25) is 9.89 Å². The lowest BCUT2D eigenvalue weighted by molar-refractivity contribution is -0.139. The Morgan fingerprint density at radius 2 is 1.97 bits per heavy atom. The van der Waals surface area contributed by atoms with E-state index in [4.69, 9.17) is 4.98 Å². The van der Waals surface area contributed by atoms with E-state index in [-0.39, 0.29) is 12.2 Å². The van der Waals surface area contributed by atoms with E-state index in [0.717, 1.165) is 51.9 Å². The van der Waals surface area contributed by atoms with Gasteiger partial charge in [0.05, 0.1) is 22.8 Å². The number of rotatable bonds is 7. The van der Waals surface area contributed by atoms with Crippen molar-refractivity contribution in [3.05, 3.63) is 65.6 Å². The zero-order valence-corrected chi connectivity index (χ0v) is 21.6. The molecule has 0 unspecified atom stereocenters. The molecule has 3 aromatic heterocycles. The number of nitrogens with zero attached hydrogens (tertiary/aromatic N) is 3. The summed E-state index contributed by atoms with van der Waals surface area (Å²) in [5, 5.41) is 30.3. The third-order valence-electron chi connectivity index (χ3n) is 7.76. The molecule has 3 heterocycles. The number of amides is 1.